The summed E-state index contributed by atoms with van der Waals surface area (Å²) in [4.78, 5) is 18.4. The molecule has 2 heterocycles. The van der Waals surface area contributed by atoms with Gasteiger partial charge in [0.25, 0.3) is 5.91 Å². The van der Waals surface area contributed by atoms with Gasteiger partial charge >= 0.3 is 0 Å². The Morgan fingerprint density at radius 3 is 3.05 bits per heavy atom. The molecule has 1 N–H and O–H groups in total. The molecule has 98 valence electrons. The maximum Gasteiger partial charge on any atom is 0.258 e. The molecule has 1 aromatic heterocycles. The molecule has 5 nitrogen and oxygen atoms in total. The van der Waals surface area contributed by atoms with E-state index in [-0.39, 0.29) is 11.7 Å². The third kappa shape index (κ3) is 2.07. The third-order valence-electron chi connectivity index (χ3n) is 3.41. The van der Waals surface area contributed by atoms with Crippen molar-refractivity contribution >= 4 is 5.91 Å². The average Bonchev–Trinajstić information content (AvgIpc) is 2.88. The Morgan fingerprint density at radius 1 is 1.37 bits per heavy atom. The van der Waals surface area contributed by atoms with E-state index < -0.39 is 0 Å². The van der Waals surface area contributed by atoms with Gasteiger partial charge in [-0.3, -0.25) is 4.79 Å². The van der Waals surface area contributed by atoms with Crippen molar-refractivity contribution in [2.75, 3.05) is 6.54 Å². The van der Waals surface area contributed by atoms with Crippen LogP contribution >= 0.6 is 0 Å². The molecule has 5 heteroatoms. The molecule has 2 aromatic rings. The van der Waals surface area contributed by atoms with Gasteiger partial charge in [-0.1, -0.05) is 11.6 Å². The fraction of sp³-hybridized carbons (Fsp3) is 0.286. The lowest BCUT2D eigenvalue weighted by molar-refractivity contribution is 0.0704. The predicted molar refractivity (Wildman–Crippen MR) is 69.8 cm³/mol. The van der Waals surface area contributed by atoms with Crippen LogP contribution < -0.4 is 0 Å². The van der Waals surface area contributed by atoms with E-state index in [2.05, 4.69) is 4.98 Å². The van der Waals surface area contributed by atoms with Crippen molar-refractivity contribution in [3.8, 4) is 5.75 Å². The van der Waals surface area contributed by atoms with E-state index in [0.717, 1.165) is 17.9 Å². The van der Waals surface area contributed by atoms with Crippen molar-refractivity contribution in [2.45, 2.75) is 20.0 Å². The summed E-state index contributed by atoms with van der Waals surface area (Å²) in [7, 11) is 0. The van der Waals surface area contributed by atoms with Gasteiger partial charge in [0.2, 0.25) is 0 Å². The second-order valence-electron chi connectivity index (χ2n) is 4.78. The predicted octanol–water partition coefficient (Wildman–Crippen LogP) is 1.55. The lowest BCUT2D eigenvalue weighted by Crippen LogP contribution is -2.38. The van der Waals surface area contributed by atoms with Crippen molar-refractivity contribution in [3.05, 3.63) is 47.5 Å². The first kappa shape index (κ1) is 11.8. The van der Waals surface area contributed by atoms with Crippen LogP contribution in [0.15, 0.2) is 30.6 Å². The summed E-state index contributed by atoms with van der Waals surface area (Å²) in [6.45, 7) is 3.77. The highest BCUT2D eigenvalue weighted by atomic mass is 16.3. The Labute approximate surface area is 111 Å². The van der Waals surface area contributed by atoms with Crippen LogP contribution in [0.3, 0.4) is 0 Å². The van der Waals surface area contributed by atoms with E-state index in [4.69, 9.17) is 0 Å². The highest BCUT2D eigenvalue weighted by Crippen LogP contribution is 2.22. The number of aromatic hydroxyl groups is 1. The maximum atomic E-state index is 12.4. The van der Waals surface area contributed by atoms with Crippen LogP contribution in [0.1, 0.15) is 21.7 Å². The number of hydrogen-bond donors (Lipinski definition) is 1. The minimum Gasteiger partial charge on any atom is -0.507 e. The van der Waals surface area contributed by atoms with E-state index in [9.17, 15) is 9.90 Å². The molecule has 1 aliphatic heterocycles. The number of aryl methyl sites for hydroxylation is 1. The summed E-state index contributed by atoms with van der Waals surface area (Å²) in [6, 6.07) is 5.07. The van der Waals surface area contributed by atoms with Crippen molar-refractivity contribution in [1.82, 2.24) is 14.5 Å². The smallest absolute Gasteiger partial charge is 0.258 e. The van der Waals surface area contributed by atoms with Crippen LogP contribution in [0.2, 0.25) is 0 Å². The van der Waals surface area contributed by atoms with Gasteiger partial charge in [-0.25, -0.2) is 4.98 Å². The molecule has 1 amide bonds. The molecule has 0 radical (unpaired) electrons. The third-order valence-corrected chi connectivity index (χ3v) is 3.41. The molecular weight excluding hydrogens is 242 g/mol. The second kappa shape index (κ2) is 4.42. The van der Waals surface area contributed by atoms with Crippen LogP contribution in [0.5, 0.6) is 5.75 Å². The maximum absolute atomic E-state index is 12.4. The summed E-state index contributed by atoms with van der Waals surface area (Å²) in [6.07, 6.45) is 3.66. The number of fused-ring (bicyclic) bond motifs is 1. The minimum atomic E-state index is -0.143. The number of benzene rings is 1. The van der Waals surface area contributed by atoms with Gasteiger partial charge in [-0.15, -0.1) is 0 Å². The number of rotatable bonds is 1. The SMILES string of the molecule is Cc1ccc(O)c(C(=O)N2CCn3ccnc3C2)c1. The molecule has 1 aromatic carbocycles. The minimum absolute atomic E-state index is 0.0320. The van der Waals surface area contributed by atoms with Gasteiger partial charge in [0.05, 0.1) is 12.1 Å². The average molecular weight is 257 g/mol. The van der Waals surface area contributed by atoms with Gasteiger partial charge in [-0.05, 0) is 19.1 Å². The number of carbonyl (C=O) groups excluding carboxylic acids is 1. The largest absolute Gasteiger partial charge is 0.507 e. The van der Waals surface area contributed by atoms with Crippen LogP contribution in [0.4, 0.5) is 0 Å². The summed E-state index contributed by atoms with van der Waals surface area (Å²) in [5, 5.41) is 9.82. The monoisotopic (exact) mass is 257 g/mol. The second-order valence-corrected chi connectivity index (χ2v) is 4.78. The molecule has 0 atom stereocenters. The zero-order valence-corrected chi connectivity index (χ0v) is 10.7. The molecule has 19 heavy (non-hydrogen) atoms. The van der Waals surface area contributed by atoms with Gasteiger partial charge in [-0.2, -0.15) is 0 Å². The summed E-state index contributed by atoms with van der Waals surface area (Å²) in [5.74, 6) is 0.770. The molecule has 0 aliphatic carbocycles. The number of imidazole rings is 1. The topological polar surface area (TPSA) is 58.4 Å². The highest BCUT2D eigenvalue weighted by Gasteiger charge is 2.24. The first-order valence-electron chi connectivity index (χ1n) is 6.24. The Balaban J connectivity index is 1.87. The van der Waals surface area contributed by atoms with Gasteiger partial charge in [0, 0.05) is 25.5 Å². The fourth-order valence-electron chi connectivity index (χ4n) is 2.34. The molecular formula is C14H15N3O2. The number of amides is 1. The van der Waals surface area contributed by atoms with Crippen molar-refractivity contribution in [3.63, 3.8) is 0 Å². The number of aromatic nitrogens is 2. The molecule has 3 rings (SSSR count). The van der Waals surface area contributed by atoms with E-state index in [1.807, 2.05) is 17.7 Å². The lowest BCUT2D eigenvalue weighted by Gasteiger charge is -2.28. The first-order valence-corrected chi connectivity index (χ1v) is 6.24. The number of hydrogen-bond acceptors (Lipinski definition) is 3. The van der Waals surface area contributed by atoms with E-state index in [0.29, 0.717) is 18.7 Å². The number of phenols is 1. The van der Waals surface area contributed by atoms with Crippen LogP contribution in [-0.4, -0.2) is 32.0 Å². The Hall–Kier alpha value is -2.30. The van der Waals surface area contributed by atoms with Crippen molar-refractivity contribution < 1.29 is 9.90 Å². The Bertz CT molecular complexity index is 633. The molecule has 0 spiro atoms. The van der Waals surface area contributed by atoms with Crippen LogP contribution in [0, 0.1) is 6.92 Å². The van der Waals surface area contributed by atoms with Gasteiger partial charge < -0.3 is 14.6 Å². The number of nitrogens with zero attached hydrogens (tertiary/aromatic N) is 3. The summed E-state index contributed by atoms with van der Waals surface area (Å²) in [5.41, 5.74) is 1.32. The molecule has 0 fully saturated rings. The van der Waals surface area contributed by atoms with Gasteiger partial charge in [0.1, 0.15) is 11.6 Å². The molecule has 0 saturated carbocycles. The van der Waals surface area contributed by atoms with E-state index >= 15 is 0 Å². The summed E-state index contributed by atoms with van der Waals surface area (Å²) < 4.78 is 2.04. The van der Waals surface area contributed by atoms with Crippen LogP contribution in [0.25, 0.3) is 0 Å². The highest BCUT2D eigenvalue weighted by molar-refractivity contribution is 5.97. The molecule has 0 saturated heterocycles. The van der Waals surface area contributed by atoms with Crippen LogP contribution in [-0.2, 0) is 13.1 Å². The van der Waals surface area contributed by atoms with Crippen molar-refractivity contribution in [1.29, 1.82) is 0 Å². The van der Waals surface area contributed by atoms with E-state index in [1.54, 1.807) is 29.3 Å². The normalized spacial score (nSPS) is 14.3. The zero-order chi connectivity index (χ0) is 13.4. The fourth-order valence-corrected chi connectivity index (χ4v) is 2.34. The quantitative estimate of drug-likeness (QED) is 0.843. The first-order chi connectivity index (χ1) is 9.15. The zero-order valence-electron chi connectivity index (χ0n) is 10.7. The number of carbonyl (C=O) groups is 1. The van der Waals surface area contributed by atoms with E-state index in [1.165, 1.54) is 0 Å². The van der Waals surface area contributed by atoms with Crippen molar-refractivity contribution in [2.24, 2.45) is 0 Å². The Morgan fingerprint density at radius 2 is 2.21 bits per heavy atom. The standard InChI is InChI=1S/C14H15N3O2/c1-10-2-3-12(18)11(8-10)14(19)17-7-6-16-5-4-15-13(16)9-17/h2-5,8,18H,6-7,9H2,1H3. The number of phenolic OH excluding ortho intramolecular Hbond substituents is 1. The molecule has 0 bridgehead atoms. The lowest BCUT2D eigenvalue weighted by atomic mass is 10.1. The van der Waals surface area contributed by atoms with Gasteiger partial charge in [0.15, 0.2) is 0 Å². The molecule has 0 unspecified atom stereocenters. The summed E-state index contributed by atoms with van der Waals surface area (Å²) >= 11 is 0. The Kier molecular flexibility index (Phi) is 2.74. The molecule has 1 aliphatic rings.